The molecule has 0 bridgehead atoms. The monoisotopic (exact) mass is 430 g/mol. The van der Waals surface area contributed by atoms with E-state index in [2.05, 4.69) is 18.8 Å². The first-order valence-electron chi connectivity index (χ1n) is 9.62. The van der Waals surface area contributed by atoms with Crippen molar-refractivity contribution < 1.29 is 23.8 Å². The first-order valence-corrected chi connectivity index (χ1v) is 10.5. The van der Waals surface area contributed by atoms with Crippen LogP contribution in [0.1, 0.15) is 60.2 Å². The van der Waals surface area contributed by atoms with Crippen LogP contribution in [0, 0.1) is 0 Å². The molecule has 7 nitrogen and oxygen atoms in total. The van der Waals surface area contributed by atoms with Gasteiger partial charge in [-0.3, -0.25) is 4.79 Å². The number of ketones is 1. The summed E-state index contributed by atoms with van der Waals surface area (Å²) in [5.41, 5.74) is 8.34. The van der Waals surface area contributed by atoms with Crippen LogP contribution in [0.15, 0.2) is 23.6 Å². The highest BCUT2D eigenvalue weighted by Crippen LogP contribution is 2.33. The Hall–Kier alpha value is -2.55. The van der Waals surface area contributed by atoms with Crippen molar-refractivity contribution in [2.45, 2.75) is 51.6 Å². The summed E-state index contributed by atoms with van der Waals surface area (Å²) >= 11 is 1.53. The molecule has 0 saturated carbocycles. The minimum absolute atomic E-state index is 0.273. The number of rotatable bonds is 6. The fraction of sp³-hybridized carbons (Fsp3) is 0.409. The van der Waals surface area contributed by atoms with Gasteiger partial charge in [0, 0.05) is 11.1 Å². The summed E-state index contributed by atoms with van der Waals surface area (Å²) in [5, 5.41) is 2.84. The SMILES string of the molecule is COC(=O)[C@@H]1OC(C)(C)O[C@H]1C(=O)c1c(N)cccc1/C=C/c1nc(C(C)C)cs1. The second-order valence-electron chi connectivity index (χ2n) is 7.77. The Bertz CT molecular complexity index is 980. The number of benzene rings is 1. The number of esters is 1. The van der Waals surface area contributed by atoms with Crippen molar-refractivity contribution in [1.82, 2.24) is 4.98 Å². The molecule has 1 aliphatic rings. The predicted molar refractivity (Wildman–Crippen MR) is 116 cm³/mol. The summed E-state index contributed by atoms with van der Waals surface area (Å²) in [7, 11) is 1.24. The van der Waals surface area contributed by atoms with Crippen molar-refractivity contribution in [1.29, 1.82) is 0 Å². The third-order valence-corrected chi connectivity index (χ3v) is 5.53. The number of nitrogens with zero attached hydrogens (tertiary/aromatic N) is 1. The second-order valence-corrected chi connectivity index (χ2v) is 8.66. The lowest BCUT2D eigenvalue weighted by Crippen LogP contribution is -2.38. The quantitative estimate of drug-likeness (QED) is 0.421. The van der Waals surface area contributed by atoms with Crippen LogP contribution in [0.2, 0.25) is 0 Å². The van der Waals surface area contributed by atoms with E-state index in [-0.39, 0.29) is 5.56 Å². The van der Waals surface area contributed by atoms with Crippen LogP contribution in [-0.2, 0) is 19.0 Å². The molecule has 0 spiro atoms. The third-order valence-electron chi connectivity index (χ3n) is 4.70. The second kappa shape index (κ2) is 8.67. The molecule has 1 aromatic heterocycles. The van der Waals surface area contributed by atoms with E-state index in [0.717, 1.165) is 10.7 Å². The molecule has 2 heterocycles. The fourth-order valence-corrected chi connectivity index (χ4v) is 4.07. The van der Waals surface area contributed by atoms with Gasteiger partial charge in [-0.2, -0.15) is 0 Å². The molecule has 2 atom stereocenters. The van der Waals surface area contributed by atoms with Gasteiger partial charge in [-0.15, -0.1) is 11.3 Å². The normalized spacial score (nSPS) is 20.7. The van der Waals surface area contributed by atoms with Gasteiger partial charge in [-0.25, -0.2) is 9.78 Å². The highest BCUT2D eigenvalue weighted by Gasteiger charge is 2.50. The number of ether oxygens (including phenoxy) is 3. The maximum absolute atomic E-state index is 13.4. The van der Waals surface area contributed by atoms with Gasteiger partial charge < -0.3 is 19.9 Å². The van der Waals surface area contributed by atoms with Gasteiger partial charge in [0.1, 0.15) is 5.01 Å². The van der Waals surface area contributed by atoms with Gasteiger partial charge in [0.15, 0.2) is 23.8 Å². The highest BCUT2D eigenvalue weighted by molar-refractivity contribution is 7.10. The number of thiazole rings is 1. The van der Waals surface area contributed by atoms with Crippen molar-refractivity contribution in [2.24, 2.45) is 0 Å². The van der Waals surface area contributed by atoms with Crippen LogP contribution >= 0.6 is 11.3 Å². The number of aromatic nitrogens is 1. The van der Waals surface area contributed by atoms with Crippen LogP contribution in [-0.4, -0.2) is 41.8 Å². The lowest BCUT2D eigenvalue weighted by atomic mass is 9.95. The first kappa shape index (κ1) is 22.1. The average molecular weight is 431 g/mol. The fourth-order valence-electron chi connectivity index (χ4n) is 3.20. The molecule has 1 aliphatic heterocycles. The number of hydrogen-bond acceptors (Lipinski definition) is 8. The van der Waals surface area contributed by atoms with Crippen molar-refractivity contribution in [3.63, 3.8) is 0 Å². The number of hydrogen-bond donors (Lipinski definition) is 1. The highest BCUT2D eigenvalue weighted by atomic mass is 32.1. The van der Waals surface area contributed by atoms with E-state index in [4.69, 9.17) is 19.9 Å². The predicted octanol–water partition coefficient (Wildman–Crippen LogP) is 3.89. The van der Waals surface area contributed by atoms with Gasteiger partial charge in [0.05, 0.1) is 18.4 Å². The smallest absolute Gasteiger partial charge is 0.338 e. The maximum atomic E-state index is 13.4. The van der Waals surface area contributed by atoms with Crippen molar-refractivity contribution in [2.75, 3.05) is 12.8 Å². The summed E-state index contributed by atoms with van der Waals surface area (Å²) < 4.78 is 16.1. The van der Waals surface area contributed by atoms with Crippen LogP contribution in [0.25, 0.3) is 12.2 Å². The molecule has 1 saturated heterocycles. The molecule has 160 valence electrons. The Morgan fingerprint density at radius 3 is 2.57 bits per heavy atom. The molecular formula is C22H26N2O5S. The number of carbonyl (C=O) groups excluding carboxylic acids is 2. The van der Waals surface area contributed by atoms with Crippen molar-refractivity contribution >= 4 is 40.9 Å². The minimum atomic E-state index is -1.17. The van der Waals surface area contributed by atoms with E-state index >= 15 is 0 Å². The molecule has 1 aromatic carbocycles. The van der Waals surface area contributed by atoms with Crippen LogP contribution in [0.3, 0.4) is 0 Å². The topological polar surface area (TPSA) is 101 Å². The van der Waals surface area contributed by atoms with E-state index in [1.54, 1.807) is 38.1 Å². The average Bonchev–Trinajstić information content (AvgIpc) is 3.29. The first-order chi connectivity index (χ1) is 14.1. The number of Topliss-reactive ketones (excluding diaryl/α,β-unsaturated/α-hetero) is 1. The Kier molecular flexibility index (Phi) is 6.40. The number of methoxy groups -OCH3 is 1. The number of carbonyl (C=O) groups is 2. The third kappa shape index (κ3) is 4.61. The van der Waals surface area contributed by atoms with Gasteiger partial charge in [-0.1, -0.05) is 32.1 Å². The van der Waals surface area contributed by atoms with Crippen LogP contribution in [0.5, 0.6) is 0 Å². The van der Waals surface area contributed by atoms with E-state index < -0.39 is 29.7 Å². The largest absolute Gasteiger partial charge is 0.467 e. The number of nitrogen functional groups attached to an aromatic ring is 1. The van der Waals surface area contributed by atoms with E-state index in [1.807, 2.05) is 11.5 Å². The molecule has 3 rings (SSSR count). The van der Waals surface area contributed by atoms with Crippen molar-refractivity contribution in [3.8, 4) is 0 Å². The molecule has 0 unspecified atom stereocenters. The zero-order valence-electron chi connectivity index (χ0n) is 17.7. The molecule has 1 fully saturated rings. The summed E-state index contributed by atoms with van der Waals surface area (Å²) in [6, 6.07) is 5.19. The summed E-state index contributed by atoms with van der Waals surface area (Å²) in [4.78, 5) is 30.1. The summed E-state index contributed by atoms with van der Waals surface area (Å²) in [6.07, 6.45) is 1.31. The Morgan fingerprint density at radius 1 is 1.23 bits per heavy atom. The maximum Gasteiger partial charge on any atom is 0.338 e. The van der Waals surface area contributed by atoms with Crippen molar-refractivity contribution in [3.05, 3.63) is 45.4 Å². The van der Waals surface area contributed by atoms with E-state index in [0.29, 0.717) is 17.2 Å². The zero-order chi connectivity index (χ0) is 22.1. The molecule has 8 heteroatoms. The van der Waals surface area contributed by atoms with Gasteiger partial charge in [0.2, 0.25) is 0 Å². The van der Waals surface area contributed by atoms with Crippen LogP contribution < -0.4 is 5.73 Å². The Balaban J connectivity index is 1.94. The molecule has 30 heavy (non-hydrogen) atoms. The standard InChI is InChI=1S/C22H26N2O5S/c1-12(2)15-11-30-16(24-15)10-9-13-7-6-8-14(23)17(13)18(25)19-20(21(26)27-5)29-22(3,4)28-19/h6-12,19-20H,23H2,1-5H3/b10-9+/t19-,20+/m0/s1. The molecule has 0 amide bonds. The number of nitrogens with two attached hydrogens (primary N) is 1. The van der Waals surface area contributed by atoms with E-state index in [9.17, 15) is 9.59 Å². The molecule has 2 aromatic rings. The molecule has 2 N–H and O–H groups in total. The number of anilines is 1. The molecule has 0 radical (unpaired) electrons. The lowest BCUT2D eigenvalue weighted by molar-refractivity contribution is -0.167. The minimum Gasteiger partial charge on any atom is -0.467 e. The van der Waals surface area contributed by atoms with Gasteiger partial charge in [0.25, 0.3) is 0 Å². The van der Waals surface area contributed by atoms with Gasteiger partial charge in [-0.05, 0) is 37.5 Å². The Morgan fingerprint density at radius 2 is 1.93 bits per heavy atom. The zero-order valence-corrected chi connectivity index (χ0v) is 18.5. The molecule has 0 aliphatic carbocycles. The Labute approximate surface area is 179 Å². The van der Waals surface area contributed by atoms with E-state index in [1.165, 1.54) is 18.4 Å². The summed E-state index contributed by atoms with van der Waals surface area (Å²) in [5.74, 6) is -1.87. The molecular weight excluding hydrogens is 404 g/mol. The van der Waals surface area contributed by atoms with Crippen LogP contribution in [0.4, 0.5) is 5.69 Å². The lowest BCUT2D eigenvalue weighted by Gasteiger charge is -2.17. The summed E-state index contributed by atoms with van der Waals surface area (Å²) in [6.45, 7) is 7.44. The van der Waals surface area contributed by atoms with Gasteiger partial charge >= 0.3 is 5.97 Å².